The second-order valence-corrected chi connectivity index (χ2v) is 6.86. The zero-order chi connectivity index (χ0) is 16.0. The van der Waals surface area contributed by atoms with E-state index in [2.05, 4.69) is 5.32 Å². The fourth-order valence-corrected chi connectivity index (χ4v) is 2.72. The van der Waals surface area contributed by atoms with Crippen molar-refractivity contribution < 1.29 is 17.9 Å². The highest BCUT2D eigenvalue weighted by atomic mass is 32.2. The van der Waals surface area contributed by atoms with Crippen LogP contribution in [0.4, 0.5) is 5.69 Å². The van der Waals surface area contributed by atoms with Crippen LogP contribution in [0.2, 0.25) is 0 Å². The van der Waals surface area contributed by atoms with Crippen LogP contribution in [-0.4, -0.2) is 40.8 Å². The van der Waals surface area contributed by atoms with Gasteiger partial charge in [-0.25, -0.2) is 8.42 Å². The van der Waals surface area contributed by atoms with Crippen LogP contribution in [-0.2, 0) is 14.8 Å². The Bertz CT molecular complexity index is 584. The van der Waals surface area contributed by atoms with E-state index in [1.165, 1.54) is 11.4 Å². The van der Waals surface area contributed by atoms with Crippen LogP contribution in [0.5, 0.6) is 5.75 Å². The number of benzene rings is 1. The van der Waals surface area contributed by atoms with Gasteiger partial charge in [-0.1, -0.05) is 26.0 Å². The summed E-state index contributed by atoms with van der Waals surface area (Å²) in [5.41, 5.74) is 0.460. The van der Waals surface area contributed by atoms with Gasteiger partial charge in [0.1, 0.15) is 5.75 Å². The van der Waals surface area contributed by atoms with Gasteiger partial charge in [-0.3, -0.25) is 9.10 Å². The van der Waals surface area contributed by atoms with Gasteiger partial charge in [0.2, 0.25) is 15.9 Å². The van der Waals surface area contributed by atoms with Gasteiger partial charge in [0.15, 0.2) is 0 Å². The van der Waals surface area contributed by atoms with Crippen molar-refractivity contribution in [3.05, 3.63) is 24.3 Å². The van der Waals surface area contributed by atoms with Gasteiger partial charge in [-0.15, -0.1) is 0 Å². The van der Waals surface area contributed by atoms with E-state index < -0.39 is 10.0 Å². The molecule has 0 heterocycles. The second-order valence-electron chi connectivity index (χ2n) is 4.95. The zero-order valence-corrected chi connectivity index (χ0v) is 13.6. The largest absolute Gasteiger partial charge is 0.495 e. The number of amides is 1. The van der Waals surface area contributed by atoms with Gasteiger partial charge in [0.25, 0.3) is 0 Å². The molecule has 0 saturated heterocycles. The van der Waals surface area contributed by atoms with Crippen molar-refractivity contribution >= 4 is 21.6 Å². The standard InChI is InChI=1S/C14H22N2O4S/c1-11(2)14(17)15-9-10-16(21(4,18)19)12-7-5-6-8-13(12)20-3/h5-8,11H,9-10H2,1-4H3,(H,15,17). The van der Waals surface area contributed by atoms with Crippen LogP contribution >= 0.6 is 0 Å². The van der Waals surface area contributed by atoms with Crippen molar-refractivity contribution in [2.75, 3.05) is 30.8 Å². The van der Waals surface area contributed by atoms with Crippen LogP contribution < -0.4 is 14.4 Å². The molecule has 0 spiro atoms. The molecule has 118 valence electrons. The SMILES string of the molecule is COc1ccccc1N(CCNC(=O)C(C)C)S(C)(=O)=O. The Morgan fingerprint density at radius 2 is 1.95 bits per heavy atom. The quantitative estimate of drug-likeness (QED) is 0.821. The van der Waals surface area contributed by atoms with Crippen LogP contribution in [0.3, 0.4) is 0 Å². The van der Waals surface area contributed by atoms with E-state index in [4.69, 9.17) is 4.74 Å². The average molecular weight is 314 g/mol. The summed E-state index contributed by atoms with van der Waals surface area (Å²) >= 11 is 0. The number of ether oxygens (including phenoxy) is 1. The smallest absolute Gasteiger partial charge is 0.232 e. The molecule has 0 aromatic heterocycles. The first-order chi connectivity index (χ1) is 9.77. The maximum atomic E-state index is 12.0. The lowest BCUT2D eigenvalue weighted by atomic mass is 10.2. The lowest BCUT2D eigenvalue weighted by Gasteiger charge is -2.24. The number of hydrogen-bond acceptors (Lipinski definition) is 4. The van der Waals surface area contributed by atoms with E-state index in [9.17, 15) is 13.2 Å². The fraction of sp³-hybridized carbons (Fsp3) is 0.500. The second kappa shape index (κ2) is 7.31. The summed E-state index contributed by atoms with van der Waals surface area (Å²) in [5, 5.41) is 2.71. The van der Waals surface area contributed by atoms with Crippen LogP contribution in [0.1, 0.15) is 13.8 Å². The van der Waals surface area contributed by atoms with E-state index in [-0.39, 0.29) is 24.9 Å². The molecule has 0 fully saturated rings. The van der Waals surface area contributed by atoms with Crippen molar-refractivity contribution in [2.45, 2.75) is 13.8 Å². The molecule has 1 aromatic carbocycles. The fourth-order valence-electron chi connectivity index (χ4n) is 1.79. The minimum Gasteiger partial charge on any atom is -0.495 e. The first-order valence-electron chi connectivity index (χ1n) is 6.65. The number of carbonyl (C=O) groups is 1. The molecule has 0 aliphatic carbocycles. The summed E-state index contributed by atoms with van der Waals surface area (Å²) in [6, 6.07) is 6.87. The van der Waals surface area contributed by atoms with Gasteiger partial charge in [-0.05, 0) is 12.1 Å². The van der Waals surface area contributed by atoms with E-state index in [0.717, 1.165) is 6.26 Å². The Hall–Kier alpha value is -1.76. The summed E-state index contributed by atoms with van der Waals surface area (Å²) in [6.07, 6.45) is 1.13. The van der Waals surface area contributed by atoms with E-state index in [0.29, 0.717) is 11.4 Å². The summed E-state index contributed by atoms with van der Waals surface area (Å²) in [5.74, 6) is 0.226. The average Bonchev–Trinajstić information content (AvgIpc) is 2.41. The number of hydrogen-bond donors (Lipinski definition) is 1. The minimum absolute atomic E-state index is 0.108. The first-order valence-corrected chi connectivity index (χ1v) is 8.50. The van der Waals surface area contributed by atoms with Gasteiger partial charge < -0.3 is 10.1 Å². The van der Waals surface area contributed by atoms with Gasteiger partial charge in [0, 0.05) is 12.5 Å². The number of methoxy groups -OCH3 is 1. The third-order valence-corrected chi connectivity index (χ3v) is 4.07. The van der Waals surface area contributed by atoms with Crippen molar-refractivity contribution in [2.24, 2.45) is 5.92 Å². The maximum Gasteiger partial charge on any atom is 0.232 e. The molecular weight excluding hydrogens is 292 g/mol. The monoisotopic (exact) mass is 314 g/mol. The molecule has 0 bridgehead atoms. The lowest BCUT2D eigenvalue weighted by molar-refractivity contribution is -0.123. The van der Waals surface area contributed by atoms with Crippen LogP contribution in [0.15, 0.2) is 24.3 Å². The van der Waals surface area contributed by atoms with Crippen molar-refractivity contribution in [1.82, 2.24) is 5.32 Å². The van der Waals surface area contributed by atoms with E-state index in [1.807, 2.05) is 0 Å². The first kappa shape index (κ1) is 17.3. The van der Waals surface area contributed by atoms with E-state index >= 15 is 0 Å². The molecule has 6 nitrogen and oxygen atoms in total. The van der Waals surface area contributed by atoms with E-state index in [1.54, 1.807) is 38.1 Å². The predicted octanol–water partition coefficient (Wildman–Crippen LogP) is 1.23. The Kier molecular flexibility index (Phi) is 6.02. The van der Waals surface area contributed by atoms with Crippen LogP contribution in [0.25, 0.3) is 0 Å². The molecule has 0 atom stereocenters. The molecule has 21 heavy (non-hydrogen) atoms. The number of nitrogens with one attached hydrogen (secondary N) is 1. The number of rotatable bonds is 7. The molecule has 1 rings (SSSR count). The van der Waals surface area contributed by atoms with Crippen molar-refractivity contribution in [3.8, 4) is 5.75 Å². The number of para-hydroxylation sites is 2. The topological polar surface area (TPSA) is 75.7 Å². The van der Waals surface area contributed by atoms with Gasteiger partial charge in [-0.2, -0.15) is 0 Å². The molecule has 0 unspecified atom stereocenters. The number of nitrogens with zero attached hydrogens (tertiary/aromatic N) is 1. The Morgan fingerprint density at radius 3 is 2.48 bits per heavy atom. The zero-order valence-electron chi connectivity index (χ0n) is 12.8. The number of anilines is 1. The minimum atomic E-state index is -3.47. The number of sulfonamides is 1. The molecule has 7 heteroatoms. The molecule has 1 aromatic rings. The normalized spacial score (nSPS) is 11.3. The molecule has 0 radical (unpaired) electrons. The summed E-state index contributed by atoms with van der Waals surface area (Å²) in [4.78, 5) is 11.5. The predicted molar refractivity (Wildman–Crippen MR) is 83.0 cm³/mol. The highest BCUT2D eigenvalue weighted by molar-refractivity contribution is 7.92. The van der Waals surface area contributed by atoms with Gasteiger partial charge in [0.05, 0.1) is 25.6 Å². The third-order valence-electron chi connectivity index (χ3n) is 2.89. The lowest BCUT2D eigenvalue weighted by Crippen LogP contribution is -2.39. The molecule has 1 amide bonds. The van der Waals surface area contributed by atoms with Crippen molar-refractivity contribution in [3.63, 3.8) is 0 Å². The maximum absolute atomic E-state index is 12.0. The molecule has 1 N–H and O–H groups in total. The Labute approximate surface area is 126 Å². The molecule has 0 saturated carbocycles. The third kappa shape index (κ3) is 4.93. The van der Waals surface area contributed by atoms with Crippen molar-refractivity contribution in [1.29, 1.82) is 0 Å². The molecular formula is C14H22N2O4S. The summed E-state index contributed by atoms with van der Waals surface area (Å²) in [6.45, 7) is 3.95. The highest BCUT2D eigenvalue weighted by Gasteiger charge is 2.20. The highest BCUT2D eigenvalue weighted by Crippen LogP contribution is 2.28. The summed E-state index contributed by atoms with van der Waals surface area (Å²) < 4.78 is 30.4. The summed E-state index contributed by atoms with van der Waals surface area (Å²) in [7, 11) is -1.98. The number of carbonyl (C=O) groups excluding carboxylic acids is 1. The Balaban J connectivity index is 2.90. The molecule has 0 aliphatic rings. The Morgan fingerprint density at radius 1 is 1.33 bits per heavy atom. The molecule has 0 aliphatic heterocycles. The van der Waals surface area contributed by atoms with Crippen LogP contribution in [0, 0.1) is 5.92 Å². The van der Waals surface area contributed by atoms with Gasteiger partial charge >= 0.3 is 0 Å².